The SMILES string of the molecule is CCCCCCCCCCOc1ccc(C=NC[C@@H](N=Cc2ccc(OCCCCCCCCCC)cc2O)C(C)C)c(O)c1. The van der Waals surface area contributed by atoms with Gasteiger partial charge in [-0.05, 0) is 43.0 Å². The van der Waals surface area contributed by atoms with Gasteiger partial charge < -0.3 is 19.7 Å². The molecule has 0 aliphatic carbocycles. The van der Waals surface area contributed by atoms with Gasteiger partial charge in [-0.15, -0.1) is 0 Å². The third kappa shape index (κ3) is 17.3. The van der Waals surface area contributed by atoms with Crippen molar-refractivity contribution in [2.45, 2.75) is 136 Å². The average molecular weight is 623 g/mol. The molecule has 2 N–H and O–H groups in total. The number of aliphatic imine (C=N–C) groups is 2. The second-order valence-electron chi connectivity index (χ2n) is 12.7. The van der Waals surface area contributed by atoms with Crippen molar-refractivity contribution in [3.8, 4) is 23.0 Å². The van der Waals surface area contributed by atoms with E-state index in [-0.39, 0.29) is 23.5 Å². The molecule has 6 nitrogen and oxygen atoms in total. The lowest BCUT2D eigenvalue weighted by Gasteiger charge is -2.14. The molecule has 0 saturated heterocycles. The summed E-state index contributed by atoms with van der Waals surface area (Å²) in [4.78, 5) is 9.30. The Labute approximate surface area is 274 Å². The van der Waals surface area contributed by atoms with Gasteiger partial charge in [0.1, 0.15) is 23.0 Å². The van der Waals surface area contributed by atoms with Crippen LogP contribution >= 0.6 is 0 Å². The number of aromatic hydroxyl groups is 2. The van der Waals surface area contributed by atoms with Crippen LogP contribution < -0.4 is 9.47 Å². The molecule has 0 amide bonds. The quantitative estimate of drug-likeness (QED) is 0.0807. The summed E-state index contributed by atoms with van der Waals surface area (Å²) in [5.41, 5.74) is 1.31. The first kappa shape index (κ1) is 38.2. The monoisotopic (exact) mass is 622 g/mol. The minimum Gasteiger partial charge on any atom is -0.507 e. The molecule has 252 valence electrons. The highest BCUT2D eigenvalue weighted by Gasteiger charge is 2.11. The first-order chi connectivity index (χ1) is 21.9. The number of ether oxygens (including phenoxy) is 2. The van der Waals surface area contributed by atoms with Crippen molar-refractivity contribution >= 4 is 12.4 Å². The fourth-order valence-electron chi connectivity index (χ4n) is 5.16. The average Bonchev–Trinajstić information content (AvgIpc) is 3.02. The topological polar surface area (TPSA) is 83.6 Å². The molecule has 0 bridgehead atoms. The van der Waals surface area contributed by atoms with E-state index in [4.69, 9.17) is 14.5 Å². The molecule has 0 radical (unpaired) electrons. The Hall–Kier alpha value is -3.02. The molecule has 2 rings (SSSR count). The van der Waals surface area contributed by atoms with Crippen molar-refractivity contribution in [1.29, 1.82) is 0 Å². The highest BCUT2D eigenvalue weighted by atomic mass is 16.5. The molecule has 45 heavy (non-hydrogen) atoms. The minimum absolute atomic E-state index is 0.0602. The van der Waals surface area contributed by atoms with E-state index in [1.807, 2.05) is 24.3 Å². The van der Waals surface area contributed by atoms with Crippen molar-refractivity contribution in [1.82, 2.24) is 0 Å². The molecule has 2 aromatic carbocycles. The van der Waals surface area contributed by atoms with Gasteiger partial charge in [-0.25, -0.2) is 0 Å². The number of benzene rings is 2. The van der Waals surface area contributed by atoms with Crippen LogP contribution in [0.4, 0.5) is 0 Å². The molecule has 0 aromatic heterocycles. The maximum atomic E-state index is 10.6. The van der Waals surface area contributed by atoms with E-state index in [1.165, 1.54) is 89.9 Å². The summed E-state index contributed by atoms with van der Waals surface area (Å²) in [6.07, 6.45) is 23.6. The number of hydrogen-bond acceptors (Lipinski definition) is 6. The van der Waals surface area contributed by atoms with Gasteiger partial charge in [-0.3, -0.25) is 9.98 Å². The van der Waals surface area contributed by atoms with E-state index < -0.39 is 0 Å². The van der Waals surface area contributed by atoms with E-state index in [9.17, 15) is 10.2 Å². The van der Waals surface area contributed by atoms with Crippen LogP contribution in [-0.4, -0.2) is 48.4 Å². The maximum Gasteiger partial charge on any atom is 0.128 e. The van der Waals surface area contributed by atoms with E-state index in [2.05, 4.69) is 32.7 Å². The highest BCUT2D eigenvalue weighted by molar-refractivity contribution is 5.84. The number of rotatable bonds is 26. The van der Waals surface area contributed by atoms with E-state index >= 15 is 0 Å². The summed E-state index contributed by atoms with van der Waals surface area (Å²) in [5.74, 6) is 1.94. The van der Waals surface area contributed by atoms with Gasteiger partial charge in [0, 0.05) is 35.7 Å². The lowest BCUT2D eigenvalue weighted by molar-refractivity contribution is 0.302. The molecular formula is C39H62N2O4. The second kappa shape index (κ2) is 24.2. The van der Waals surface area contributed by atoms with Crippen LogP contribution in [0.15, 0.2) is 46.4 Å². The van der Waals surface area contributed by atoms with Crippen LogP contribution in [0, 0.1) is 5.92 Å². The molecule has 2 aromatic rings. The molecule has 0 spiro atoms. The van der Waals surface area contributed by atoms with E-state index in [0.717, 1.165) is 12.8 Å². The highest BCUT2D eigenvalue weighted by Crippen LogP contribution is 2.24. The van der Waals surface area contributed by atoms with Crippen molar-refractivity contribution in [2.75, 3.05) is 19.8 Å². The Morgan fingerprint density at radius 2 is 1.02 bits per heavy atom. The normalized spacial score (nSPS) is 12.5. The molecule has 0 unspecified atom stereocenters. The number of phenolic OH excluding ortho intramolecular Hbond substituents is 2. The first-order valence-corrected chi connectivity index (χ1v) is 17.9. The van der Waals surface area contributed by atoms with Crippen molar-refractivity contribution in [3.63, 3.8) is 0 Å². The molecule has 6 heteroatoms. The third-order valence-electron chi connectivity index (χ3n) is 8.23. The minimum atomic E-state index is -0.0602. The molecule has 0 fully saturated rings. The van der Waals surface area contributed by atoms with Gasteiger partial charge in [-0.1, -0.05) is 118 Å². The summed E-state index contributed by atoms with van der Waals surface area (Å²) >= 11 is 0. The summed E-state index contributed by atoms with van der Waals surface area (Å²) in [7, 11) is 0. The van der Waals surface area contributed by atoms with Gasteiger partial charge in [0.2, 0.25) is 0 Å². The van der Waals surface area contributed by atoms with Crippen LogP contribution in [0.5, 0.6) is 23.0 Å². The van der Waals surface area contributed by atoms with Gasteiger partial charge in [0.05, 0.1) is 25.8 Å². The lowest BCUT2D eigenvalue weighted by atomic mass is 10.1. The summed E-state index contributed by atoms with van der Waals surface area (Å²) in [6, 6.07) is 10.7. The fraction of sp³-hybridized carbons (Fsp3) is 0.641. The third-order valence-corrected chi connectivity index (χ3v) is 8.23. The molecule has 0 saturated carbocycles. The number of nitrogens with zero attached hydrogens (tertiary/aromatic N) is 2. The molecular weight excluding hydrogens is 560 g/mol. The number of hydrogen-bond donors (Lipinski definition) is 2. The Bertz CT molecular complexity index is 1100. The zero-order valence-electron chi connectivity index (χ0n) is 28.8. The van der Waals surface area contributed by atoms with Crippen LogP contribution in [0.3, 0.4) is 0 Å². The predicted molar refractivity (Wildman–Crippen MR) is 191 cm³/mol. The summed E-state index contributed by atoms with van der Waals surface area (Å²) < 4.78 is 11.7. The van der Waals surface area contributed by atoms with Gasteiger partial charge in [-0.2, -0.15) is 0 Å². The number of phenols is 2. The maximum absolute atomic E-state index is 10.6. The standard InChI is InChI=1S/C39H62N2O4/c1-5-7-9-11-13-15-17-19-25-44-35-23-21-33(38(42)27-35)29-40-31-37(32(3)4)41-30-34-22-24-36(28-39(34)43)45-26-20-18-16-14-12-10-8-6-2/h21-24,27-30,32,37,42-43H,5-20,25-26,31H2,1-4H3/t37-/m1/s1. The Morgan fingerprint density at radius 1 is 0.600 bits per heavy atom. The van der Waals surface area contributed by atoms with Crippen molar-refractivity contribution in [3.05, 3.63) is 47.5 Å². The van der Waals surface area contributed by atoms with Gasteiger partial charge >= 0.3 is 0 Å². The van der Waals surface area contributed by atoms with Crippen LogP contribution in [0.2, 0.25) is 0 Å². The van der Waals surface area contributed by atoms with Crippen LogP contribution in [0.25, 0.3) is 0 Å². The Morgan fingerprint density at radius 3 is 1.44 bits per heavy atom. The van der Waals surface area contributed by atoms with Gasteiger partial charge in [0.15, 0.2) is 0 Å². The molecule has 0 aliphatic rings. The molecule has 0 aliphatic heterocycles. The zero-order valence-corrected chi connectivity index (χ0v) is 28.8. The molecule has 1 atom stereocenters. The van der Waals surface area contributed by atoms with Crippen molar-refractivity contribution < 1.29 is 19.7 Å². The van der Waals surface area contributed by atoms with Gasteiger partial charge in [0.25, 0.3) is 0 Å². The van der Waals surface area contributed by atoms with E-state index in [0.29, 0.717) is 42.4 Å². The lowest BCUT2D eigenvalue weighted by Crippen LogP contribution is -2.17. The van der Waals surface area contributed by atoms with Crippen LogP contribution in [0.1, 0.15) is 142 Å². The largest absolute Gasteiger partial charge is 0.507 e. The van der Waals surface area contributed by atoms with Crippen LogP contribution in [-0.2, 0) is 0 Å². The Balaban J connectivity index is 1.75. The Kier molecular flexibility index (Phi) is 20.6. The molecule has 0 heterocycles. The smallest absolute Gasteiger partial charge is 0.128 e. The predicted octanol–water partition coefficient (Wildman–Crippen LogP) is 10.7. The summed E-state index contributed by atoms with van der Waals surface area (Å²) in [6.45, 7) is 10.5. The number of unbranched alkanes of at least 4 members (excludes halogenated alkanes) is 14. The van der Waals surface area contributed by atoms with Crippen molar-refractivity contribution in [2.24, 2.45) is 15.9 Å². The second-order valence-corrected chi connectivity index (χ2v) is 12.7. The van der Waals surface area contributed by atoms with E-state index in [1.54, 1.807) is 24.6 Å². The zero-order chi connectivity index (χ0) is 32.5. The first-order valence-electron chi connectivity index (χ1n) is 17.9. The fourth-order valence-corrected chi connectivity index (χ4v) is 5.16. The summed E-state index contributed by atoms with van der Waals surface area (Å²) in [5, 5.41) is 21.1.